The first kappa shape index (κ1) is 28.4. The minimum absolute atomic E-state index is 0.102. The fourth-order valence-electron chi connectivity index (χ4n) is 3.32. The van der Waals surface area contributed by atoms with Crippen molar-refractivity contribution >= 4 is 54.7 Å². The maximum atomic E-state index is 13.7. The Morgan fingerprint density at radius 2 is 1.30 bits per heavy atom. The van der Waals surface area contributed by atoms with Crippen molar-refractivity contribution in [2.24, 2.45) is 10.2 Å². The van der Waals surface area contributed by atoms with E-state index in [1.807, 2.05) is 0 Å². The first-order valence-corrected chi connectivity index (χ1v) is 15.3. The Labute approximate surface area is 230 Å². The van der Waals surface area contributed by atoms with E-state index in [9.17, 15) is 21.2 Å². The number of benzene rings is 1. The molecule has 0 bridgehead atoms. The molecule has 16 heteroatoms. The molecule has 3 N–H and O–H groups in total. The smallest absolute Gasteiger partial charge is 0.235 e. The monoisotopic (exact) mass is 587 g/mol. The highest BCUT2D eigenvalue weighted by Crippen LogP contribution is 2.20. The van der Waals surface area contributed by atoms with E-state index in [-0.39, 0.29) is 17.6 Å². The van der Waals surface area contributed by atoms with Crippen LogP contribution in [0.4, 0.5) is 27.7 Å². The third-order valence-electron chi connectivity index (χ3n) is 5.42. The topological polar surface area (TPSA) is 165 Å². The van der Waals surface area contributed by atoms with Crippen molar-refractivity contribution in [3.63, 3.8) is 0 Å². The van der Waals surface area contributed by atoms with Gasteiger partial charge in [0.2, 0.25) is 26.0 Å². The highest BCUT2D eigenvalue weighted by Gasteiger charge is 2.11. The summed E-state index contributed by atoms with van der Waals surface area (Å²) in [6.07, 6.45) is 7.90. The molecule has 210 valence electrons. The zero-order valence-corrected chi connectivity index (χ0v) is 23.5. The van der Waals surface area contributed by atoms with E-state index < -0.39 is 25.9 Å². The van der Waals surface area contributed by atoms with Gasteiger partial charge in [-0.1, -0.05) is 6.07 Å². The number of halogens is 1. The third-order valence-corrected chi connectivity index (χ3v) is 7.41. The molecule has 13 nitrogen and oxygen atoms in total. The highest BCUT2D eigenvalue weighted by atomic mass is 32.2. The molecule has 0 unspecified atom stereocenters. The molecule has 3 heterocycles. The van der Waals surface area contributed by atoms with Crippen LogP contribution in [0.25, 0.3) is 0 Å². The van der Waals surface area contributed by atoms with Gasteiger partial charge >= 0.3 is 0 Å². The fraction of sp³-hybridized carbons (Fsp3) is 0.167. The molecule has 0 fully saturated rings. The molecule has 0 saturated carbocycles. The van der Waals surface area contributed by atoms with Gasteiger partial charge in [0, 0.05) is 47.7 Å². The Morgan fingerprint density at radius 1 is 0.800 bits per heavy atom. The SMILES string of the molecule is CC(=NNc1cc(NN=C(C)c2ccn(S(C)(=O)=O)c2)nc(Nc2cccc(F)c2)n1)c1ccn(S(C)(=O)=O)c1. The van der Waals surface area contributed by atoms with Gasteiger partial charge in [-0.3, -0.25) is 18.8 Å². The van der Waals surface area contributed by atoms with E-state index in [1.54, 1.807) is 32.0 Å². The molecule has 0 aliphatic carbocycles. The van der Waals surface area contributed by atoms with Gasteiger partial charge in [-0.05, 0) is 44.2 Å². The predicted molar refractivity (Wildman–Crippen MR) is 153 cm³/mol. The van der Waals surface area contributed by atoms with Crippen LogP contribution in [0.2, 0.25) is 0 Å². The van der Waals surface area contributed by atoms with Crippen LogP contribution in [0.15, 0.2) is 77.5 Å². The molecule has 1 aromatic carbocycles. The fourth-order valence-corrected chi connectivity index (χ4v) is 4.49. The molecule has 0 radical (unpaired) electrons. The van der Waals surface area contributed by atoms with Crippen LogP contribution in [0.1, 0.15) is 25.0 Å². The molecule has 0 saturated heterocycles. The lowest BCUT2D eigenvalue weighted by molar-refractivity contribution is 0.592. The summed E-state index contributed by atoms with van der Waals surface area (Å²) in [5.74, 6) is 0.147. The van der Waals surface area contributed by atoms with Gasteiger partial charge < -0.3 is 5.32 Å². The first-order valence-electron chi connectivity index (χ1n) is 11.6. The van der Waals surface area contributed by atoms with Crippen LogP contribution in [0.5, 0.6) is 0 Å². The lowest BCUT2D eigenvalue weighted by atomic mass is 10.2. The van der Waals surface area contributed by atoms with E-state index in [4.69, 9.17) is 0 Å². The summed E-state index contributed by atoms with van der Waals surface area (Å²) in [6.45, 7) is 3.38. The molecule has 4 rings (SSSR count). The normalized spacial score (nSPS) is 12.8. The molecule has 4 aromatic rings. The zero-order chi connectivity index (χ0) is 29.1. The Kier molecular flexibility index (Phi) is 8.01. The minimum atomic E-state index is -3.43. The average molecular weight is 588 g/mol. The molecule has 0 aliphatic heterocycles. The molecule has 0 aliphatic rings. The van der Waals surface area contributed by atoms with Crippen molar-refractivity contribution < 1.29 is 21.2 Å². The van der Waals surface area contributed by atoms with Crippen LogP contribution < -0.4 is 16.2 Å². The second-order valence-electron chi connectivity index (χ2n) is 8.70. The Morgan fingerprint density at radius 3 is 1.73 bits per heavy atom. The van der Waals surface area contributed by atoms with E-state index in [1.165, 1.54) is 49.1 Å². The molecule has 0 atom stereocenters. The van der Waals surface area contributed by atoms with Crippen molar-refractivity contribution in [1.82, 2.24) is 17.9 Å². The average Bonchev–Trinajstić information content (AvgIpc) is 3.56. The molecule has 40 heavy (non-hydrogen) atoms. The first-order chi connectivity index (χ1) is 18.8. The maximum absolute atomic E-state index is 13.7. The molecule has 3 aromatic heterocycles. The van der Waals surface area contributed by atoms with Gasteiger partial charge in [0.15, 0.2) is 11.6 Å². The van der Waals surface area contributed by atoms with Crippen molar-refractivity contribution in [2.75, 3.05) is 28.7 Å². The second kappa shape index (κ2) is 11.3. The zero-order valence-electron chi connectivity index (χ0n) is 21.9. The van der Waals surface area contributed by atoms with Gasteiger partial charge in [0.05, 0.1) is 23.9 Å². The van der Waals surface area contributed by atoms with Crippen LogP contribution in [0, 0.1) is 5.82 Å². The number of anilines is 4. The lowest BCUT2D eigenvalue weighted by Gasteiger charge is -2.10. The van der Waals surface area contributed by atoms with Gasteiger partial charge in [0.1, 0.15) is 5.82 Å². The van der Waals surface area contributed by atoms with Crippen molar-refractivity contribution in [1.29, 1.82) is 0 Å². The van der Waals surface area contributed by atoms with Gasteiger partial charge in [-0.15, -0.1) is 0 Å². The number of hydrogen-bond acceptors (Lipinski definition) is 11. The molecular formula is C24H26FN9O4S2. The summed E-state index contributed by atoms with van der Waals surface area (Å²) in [5.41, 5.74) is 8.16. The van der Waals surface area contributed by atoms with E-state index in [0.717, 1.165) is 20.5 Å². The number of hydrazone groups is 2. The molecule has 0 spiro atoms. The summed E-state index contributed by atoms with van der Waals surface area (Å²) >= 11 is 0. The lowest BCUT2D eigenvalue weighted by Crippen LogP contribution is -2.08. The number of nitrogens with zero attached hydrogens (tertiary/aromatic N) is 6. The third kappa shape index (κ3) is 7.29. The van der Waals surface area contributed by atoms with E-state index in [0.29, 0.717) is 28.2 Å². The van der Waals surface area contributed by atoms with Crippen LogP contribution in [-0.2, 0) is 20.0 Å². The molecular weight excluding hydrogens is 561 g/mol. The van der Waals surface area contributed by atoms with E-state index in [2.05, 4.69) is 36.3 Å². The quantitative estimate of drug-likeness (QED) is 0.187. The second-order valence-corrected chi connectivity index (χ2v) is 12.5. The summed E-state index contributed by atoms with van der Waals surface area (Å²) in [5, 5.41) is 11.5. The summed E-state index contributed by atoms with van der Waals surface area (Å²) in [7, 11) is -6.86. The standard InChI is InChI=1S/C24H26FN9O4S2/c1-16(18-8-10-33(14-18)39(3,35)36)29-31-22-13-23(28-24(27-22)26-21-7-5-6-20(25)12-21)32-30-17(2)19-9-11-34(15-19)40(4,37)38/h5-15H,1-4H3,(H3,26,27,28,31,32). The Bertz CT molecular complexity index is 1720. The van der Waals surface area contributed by atoms with Gasteiger partial charge in [-0.2, -0.15) is 20.2 Å². The summed E-state index contributed by atoms with van der Waals surface area (Å²) < 4.78 is 62.9. The van der Waals surface area contributed by atoms with Gasteiger partial charge in [0.25, 0.3) is 0 Å². The Balaban J connectivity index is 1.61. The number of aromatic nitrogens is 4. The summed E-state index contributed by atoms with van der Waals surface area (Å²) in [4.78, 5) is 8.72. The maximum Gasteiger partial charge on any atom is 0.235 e. The molecule has 0 amide bonds. The van der Waals surface area contributed by atoms with Crippen LogP contribution in [0.3, 0.4) is 0 Å². The summed E-state index contributed by atoms with van der Waals surface area (Å²) in [6, 6.07) is 10.5. The number of hydrogen-bond donors (Lipinski definition) is 3. The van der Waals surface area contributed by atoms with Crippen LogP contribution in [-0.4, -0.2) is 58.7 Å². The van der Waals surface area contributed by atoms with Crippen molar-refractivity contribution in [3.8, 4) is 0 Å². The number of rotatable bonds is 10. The van der Waals surface area contributed by atoms with E-state index >= 15 is 0 Å². The van der Waals surface area contributed by atoms with Crippen molar-refractivity contribution in [3.05, 3.63) is 84.2 Å². The van der Waals surface area contributed by atoms with Gasteiger partial charge in [-0.25, -0.2) is 21.2 Å². The van der Waals surface area contributed by atoms with Crippen molar-refractivity contribution in [2.45, 2.75) is 13.8 Å². The number of nitrogens with one attached hydrogen (secondary N) is 3. The largest absolute Gasteiger partial charge is 0.324 e. The minimum Gasteiger partial charge on any atom is -0.324 e. The predicted octanol–water partition coefficient (Wildman–Crippen LogP) is 3.25. The van der Waals surface area contributed by atoms with Crippen LogP contribution >= 0.6 is 0 Å². The Hall–Kier alpha value is -4.57. The highest BCUT2D eigenvalue weighted by molar-refractivity contribution is 7.89.